The summed E-state index contributed by atoms with van der Waals surface area (Å²) in [5, 5.41) is 3.26. The predicted octanol–water partition coefficient (Wildman–Crippen LogP) is 2.90. The van der Waals surface area contributed by atoms with E-state index in [9.17, 15) is 4.79 Å². The molecule has 0 aromatic heterocycles. The van der Waals surface area contributed by atoms with Gasteiger partial charge in [0.25, 0.3) is 0 Å². The minimum Gasteiger partial charge on any atom is -0.370 e. The molecule has 1 aliphatic heterocycles. The van der Waals surface area contributed by atoms with Gasteiger partial charge in [-0.05, 0) is 38.5 Å². The fourth-order valence-electron chi connectivity index (χ4n) is 2.94. The third kappa shape index (κ3) is 9.47. The van der Waals surface area contributed by atoms with E-state index in [1.54, 1.807) is 0 Å². The zero-order valence-electron chi connectivity index (χ0n) is 15.3. The Kier molecular flexibility index (Phi) is 9.72. The zero-order chi connectivity index (χ0) is 17.1. The molecule has 0 saturated carbocycles. The molecule has 0 spiro atoms. The first-order chi connectivity index (χ1) is 11.0. The van der Waals surface area contributed by atoms with Gasteiger partial charge in [0.2, 0.25) is 5.91 Å². The number of likely N-dealkylation sites (tertiary alicyclic amines) is 1. The Balaban J connectivity index is 2.16. The molecule has 0 aromatic rings. The highest BCUT2D eigenvalue weighted by molar-refractivity contribution is 5.78. The first kappa shape index (κ1) is 19.8. The number of hydrogen-bond donors (Lipinski definition) is 2. The molecule has 1 amide bonds. The molecule has 1 rings (SSSR count). The quantitative estimate of drug-likeness (QED) is 0.389. The molecule has 1 unspecified atom stereocenters. The van der Waals surface area contributed by atoms with Crippen molar-refractivity contribution in [1.29, 1.82) is 0 Å². The third-order valence-corrected chi connectivity index (χ3v) is 4.35. The maximum Gasteiger partial charge on any atom is 0.222 e. The van der Waals surface area contributed by atoms with Gasteiger partial charge in [0.1, 0.15) is 0 Å². The maximum absolute atomic E-state index is 11.9. The molecule has 23 heavy (non-hydrogen) atoms. The van der Waals surface area contributed by atoms with E-state index in [1.807, 2.05) is 4.90 Å². The average molecular weight is 325 g/mol. The lowest BCUT2D eigenvalue weighted by molar-refractivity contribution is -0.130. The lowest BCUT2D eigenvalue weighted by Gasteiger charge is -2.20. The molecule has 134 valence electrons. The van der Waals surface area contributed by atoms with Gasteiger partial charge in [-0.15, -0.1) is 0 Å². The third-order valence-electron chi connectivity index (χ3n) is 4.35. The van der Waals surface area contributed by atoms with E-state index in [2.05, 4.69) is 31.1 Å². The molecule has 1 heterocycles. The molecule has 0 aliphatic carbocycles. The minimum atomic E-state index is 0.302. The number of hydrogen-bond acceptors (Lipinski definition) is 2. The number of amides is 1. The Labute approximate surface area is 142 Å². The normalized spacial score (nSPS) is 18.2. The van der Waals surface area contributed by atoms with Crippen molar-refractivity contribution in [1.82, 2.24) is 10.2 Å². The van der Waals surface area contributed by atoms with Crippen molar-refractivity contribution in [3.05, 3.63) is 0 Å². The predicted molar refractivity (Wildman–Crippen MR) is 97.4 cm³/mol. The van der Waals surface area contributed by atoms with Crippen molar-refractivity contribution in [2.75, 3.05) is 19.6 Å². The van der Waals surface area contributed by atoms with Crippen LogP contribution in [0.25, 0.3) is 0 Å². The summed E-state index contributed by atoms with van der Waals surface area (Å²) in [7, 11) is 0. The lowest BCUT2D eigenvalue weighted by atomic mass is 10.0. The van der Waals surface area contributed by atoms with Crippen LogP contribution in [0, 0.1) is 5.92 Å². The molecule has 5 nitrogen and oxygen atoms in total. The number of rotatable bonds is 9. The van der Waals surface area contributed by atoms with E-state index in [-0.39, 0.29) is 0 Å². The van der Waals surface area contributed by atoms with Gasteiger partial charge in [0.15, 0.2) is 5.96 Å². The highest BCUT2D eigenvalue weighted by Crippen LogP contribution is 2.11. The summed E-state index contributed by atoms with van der Waals surface area (Å²) in [6, 6.07) is 0.365. The zero-order valence-corrected chi connectivity index (χ0v) is 15.3. The number of aliphatic imine (C=N–C) groups is 1. The molecule has 1 atom stereocenters. The second-order valence-electron chi connectivity index (χ2n) is 7.18. The summed E-state index contributed by atoms with van der Waals surface area (Å²) in [6.07, 6.45) is 8.54. The van der Waals surface area contributed by atoms with Crippen molar-refractivity contribution in [2.45, 2.75) is 78.2 Å². The first-order valence-corrected chi connectivity index (χ1v) is 9.33. The minimum absolute atomic E-state index is 0.302. The van der Waals surface area contributed by atoms with E-state index in [4.69, 9.17) is 5.73 Å². The molecule has 0 radical (unpaired) electrons. The van der Waals surface area contributed by atoms with E-state index in [1.165, 1.54) is 19.3 Å². The van der Waals surface area contributed by atoms with Crippen LogP contribution in [0.1, 0.15) is 72.1 Å². The van der Waals surface area contributed by atoms with Crippen LogP contribution in [0.3, 0.4) is 0 Å². The fraction of sp³-hybridized carbons (Fsp3) is 0.889. The Morgan fingerprint density at radius 2 is 2.00 bits per heavy atom. The molecule has 0 aromatic carbocycles. The van der Waals surface area contributed by atoms with Crippen LogP contribution in [-0.4, -0.2) is 42.4 Å². The van der Waals surface area contributed by atoms with Gasteiger partial charge < -0.3 is 16.0 Å². The van der Waals surface area contributed by atoms with Crippen LogP contribution in [0.5, 0.6) is 0 Å². The van der Waals surface area contributed by atoms with Crippen molar-refractivity contribution in [2.24, 2.45) is 16.6 Å². The van der Waals surface area contributed by atoms with Gasteiger partial charge in [-0.1, -0.05) is 33.1 Å². The molecule has 1 saturated heterocycles. The van der Waals surface area contributed by atoms with Crippen LogP contribution in [0.2, 0.25) is 0 Å². The maximum atomic E-state index is 11.9. The monoisotopic (exact) mass is 324 g/mol. The molecule has 0 bridgehead atoms. The van der Waals surface area contributed by atoms with Crippen molar-refractivity contribution in [3.8, 4) is 0 Å². The Bertz CT molecular complexity index is 368. The molecule has 3 N–H and O–H groups in total. The summed E-state index contributed by atoms with van der Waals surface area (Å²) < 4.78 is 0. The standard InChI is InChI=1S/C18H36N4O/c1-15(2)9-7-10-16(3)21-18(19)20-12-8-14-22-13-6-4-5-11-17(22)23/h15-16H,4-14H2,1-3H3,(H3,19,20,21). The van der Waals surface area contributed by atoms with E-state index < -0.39 is 0 Å². The van der Waals surface area contributed by atoms with Crippen LogP contribution < -0.4 is 11.1 Å². The van der Waals surface area contributed by atoms with Gasteiger partial charge in [-0.25, -0.2) is 0 Å². The van der Waals surface area contributed by atoms with Crippen molar-refractivity contribution < 1.29 is 4.79 Å². The Morgan fingerprint density at radius 3 is 2.74 bits per heavy atom. The van der Waals surface area contributed by atoms with Gasteiger partial charge in [-0.3, -0.25) is 9.79 Å². The van der Waals surface area contributed by atoms with Crippen LogP contribution in [0.15, 0.2) is 4.99 Å². The second kappa shape index (κ2) is 11.3. The largest absolute Gasteiger partial charge is 0.370 e. The average Bonchev–Trinajstić information content (AvgIpc) is 2.68. The number of guanidine groups is 1. The number of carbonyl (C=O) groups is 1. The van der Waals surface area contributed by atoms with Crippen LogP contribution in [0.4, 0.5) is 0 Å². The molecular weight excluding hydrogens is 288 g/mol. The van der Waals surface area contributed by atoms with Gasteiger partial charge in [-0.2, -0.15) is 0 Å². The number of nitrogens with zero attached hydrogens (tertiary/aromatic N) is 2. The molecular formula is C18H36N4O. The number of nitrogens with two attached hydrogens (primary N) is 1. The SMILES string of the molecule is CC(C)CCCC(C)NC(N)=NCCCN1CCCCCC1=O. The number of nitrogens with one attached hydrogen (secondary N) is 1. The number of carbonyl (C=O) groups excluding carboxylic acids is 1. The highest BCUT2D eigenvalue weighted by atomic mass is 16.2. The topological polar surface area (TPSA) is 70.7 Å². The van der Waals surface area contributed by atoms with Crippen LogP contribution >= 0.6 is 0 Å². The van der Waals surface area contributed by atoms with Crippen LogP contribution in [-0.2, 0) is 4.79 Å². The molecule has 5 heteroatoms. The van der Waals surface area contributed by atoms with Crippen molar-refractivity contribution in [3.63, 3.8) is 0 Å². The smallest absolute Gasteiger partial charge is 0.222 e. The van der Waals surface area contributed by atoms with Gasteiger partial charge >= 0.3 is 0 Å². The molecule has 1 aliphatic rings. The first-order valence-electron chi connectivity index (χ1n) is 9.33. The van der Waals surface area contributed by atoms with E-state index >= 15 is 0 Å². The van der Waals surface area contributed by atoms with Crippen molar-refractivity contribution >= 4 is 11.9 Å². The summed E-state index contributed by atoms with van der Waals surface area (Å²) >= 11 is 0. The summed E-state index contributed by atoms with van der Waals surface area (Å²) in [5.74, 6) is 1.59. The highest BCUT2D eigenvalue weighted by Gasteiger charge is 2.15. The molecule has 1 fully saturated rings. The van der Waals surface area contributed by atoms with E-state index in [0.717, 1.165) is 44.7 Å². The Hall–Kier alpha value is -1.26. The van der Waals surface area contributed by atoms with Gasteiger partial charge in [0.05, 0.1) is 0 Å². The second-order valence-corrected chi connectivity index (χ2v) is 7.18. The van der Waals surface area contributed by atoms with E-state index in [0.29, 0.717) is 30.9 Å². The van der Waals surface area contributed by atoms with Gasteiger partial charge in [0, 0.05) is 32.1 Å². The Morgan fingerprint density at radius 1 is 1.22 bits per heavy atom. The summed E-state index contributed by atoms with van der Waals surface area (Å²) in [6.45, 7) is 9.05. The lowest BCUT2D eigenvalue weighted by Crippen LogP contribution is -2.38. The fourth-order valence-corrected chi connectivity index (χ4v) is 2.94. The summed E-state index contributed by atoms with van der Waals surface area (Å²) in [4.78, 5) is 18.3. The summed E-state index contributed by atoms with van der Waals surface area (Å²) in [5.41, 5.74) is 5.94.